The Labute approximate surface area is 149 Å². The molecule has 2 heterocycles. The minimum Gasteiger partial charge on any atom is -0.378 e. The molecule has 0 saturated carbocycles. The molecular weight excluding hydrogens is 340 g/mol. The van der Waals surface area contributed by atoms with Gasteiger partial charge in [0.1, 0.15) is 4.64 Å². The molecular formula is C17H18N4O3S. The Kier molecular flexibility index (Phi) is 5.11. The van der Waals surface area contributed by atoms with Crippen LogP contribution in [0, 0.1) is 4.64 Å². The number of nitrogens with zero attached hydrogens (tertiary/aromatic N) is 1. The number of carbonyl (C=O) groups excluding carboxylic acids is 2. The van der Waals surface area contributed by atoms with Crippen molar-refractivity contribution in [3.8, 4) is 0 Å². The fourth-order valence-electron chi connectivity index (χ4n) is 2.58. The molecule has 130 valence electrons. The molecule has 0 radical (unpaired) electrons. The molecule has 1 saturated heterocycles. The van der Waals surface area contributed by atoms with Gasteiger partial charge in [-0.1, -0.05) is 12.2 Å². The molecule has 0 bridgehead atoms. The zero-order chi connectivity index (χ0) is 17.8. The molecule has 0 spiro atoms. The SMILES string of the molecule is NC(=O)c1c[nH]c(=S)cc1Nc1ccc(C(=O)N2CCOCC2)cc1. The van der Waals surface area contributed by atoms with Crippen molar-refractivity contribution in [2.75, 3.05) is 31.6 Å². The number of hydrogen-bond acceptors (Lipinski definition) is 5. The average Bonchev–Trinajstić information content (AvgIpc) is 2.62. The molecule has 8 heteroatoms. The average molecular weight is 358 g/mol. The molecule has 25 heavy (non-hydrogen) atoms. The van der Waals surface area contributed by atoms with E-state index < -0.39 is 5.91 Å². The van der Waals surface area contributed by atoms with Gasteiger partial charge in [0.05, 0.1) is 24.5 Å². The quantitative estimate of drug-likeness (QED) is 0.727. The van der Waals surface area contributed by atoms with Gasteiger partial charge < -0.3 is 25.7 Å². The fraction of sp³-hybridized carbons (Fsp3) is 0.235. The number of amides is 2. The van der Waals surface area contributed by atoms with E-state index in [4.69, 9.17) is 22.7 Å². The third-order valence-corrected chi connectivity index (χ3v) is 4.13. The van der Waals surface area contributed by atoms with Gasteiger partial charge in [-0.2, -0.15) is 0 Å². The predicted octanol–water partition coefficient (Wildman–Crippen LogP) is 2.06. The van der Waals surface area contributed by atoms with E-state index in [0.717, 1.165) is 5.69 Å². The van der Waals surface area contributed by atoms with E-state index in [1.165, 1.54) is 6.20 Å². The second-order valence-corrected chi connectivity index (χ2v) is 6.04. The van der Waals surface area contributed by atoms with Crippen LogP contribution in [0.2, 0.25) is 0 Å². The van der Waals surface area contributed by atoms with Gasteiger partial charge in [-0.3, -0.25) is 9.59 Å². The van der Waals surface area contributed by atoms with E-state index in [-0.39, 0.29) is 5.91 Å². The number of hydrogen-bond donors (Lipinski definition) is 3. The van der Waals surface area contributed by atoms with E-state index in [9.17, 15) is 9.59 Å². The van der Waals surface area contributed by atoms with Crippen molar-refractivity contribution in [2.24, 2.45) is 5.73 Å². The molecule has 7 nitrogen and oxygen atoms in total. The number of aromatic nitrogens is 1. The second kappa shape index (κ2) is 7.45. The van der Waals surface area contributed by atoms with Crippen LogP contribution in [0.4, 0.5) is 11.4 Å². The smallest absolute Gasteiger partial charge is 0.254 e. The van der Waals surface area contributed by atoms with Crippen LogP contribution in [0.25, 0.3) is 0 Å². The first-order chi connectivity index (χ1) is 12.0. The van der Waals surface area contributed by atoms with E-state index in [1.807, 2.05) is 0 Å². The third kappa shape index (κ3) is 4.04. The largest absolute Gasteiger partial charge is 0.378 e. The number of rotatable bonds is 4. The van der Waals surface area contributed by atoms with Crippen LogP contribution >= 0.6 is 12.2 Å². The summed E-state index contributed by atoms with van der Waals surface area (Å²) in [5.74, 6) is -0.581. The van der Waals surface area contributed by atoms with Gasteiger partial charge in [0.2, 0.25) is 0 Å². The molecule has 4 N–H and O–H groups in total. The topological polar surface area (TPSA) is 100 Å². The van der Waals surface area contributed by atoms with E-state index in [2.05, 4.69) is 10.3 Å². The van der Waals surface area contributed by atoms with Crippen LogP contribution in [-0.2, 0) is 4.74 Å². The van der Waals surface area contributed by atoms with Crippen molar-refractivity contribution in [1.82, 2.24) is 9.88 Å². The minimum absolute atomic E-state index is 0.0187. The molecule has 0 unspecified atom stereocenters. The summed E-state index contributed by atoms with van der Waals surface area (Å²) in [6.45, 7) is 2.33. The summed E-state index contributed by atoms with van der Waals surface area (Å²) < 4.78 is 5.74. The van der Waals surface area contributed by atoms with Crippen molar-refractivity contribution in [3.05, 3.63) is 52.3 Å². The first-order valence-electron chi connectivity index (χ1n) is 7.81. The highest BCUT2D eigenvalue weighted by atomic mass is 32.1. The summed E-state index contributed by atoms with van der Waals surface area (Å²) in [7, 11) is 0. The molecule has 1 aliphatic rings. The number of primary amides is 1. The summed E-state index contributed by atoms with van der Waals surface area (Å²) in [6.07, 6.45) is 1.48. The van der Waals surface area contributed by atoms with Crippen LogP contribution in [-0.4, -0.2) is 48.0 Å². The minimum atomic E-state index is -0.562. The molecule has 1 aromatic heterocycles. The number of ether oxygens (including phenoxy) is 1. The van der Waals surface area contributed by atoms with Crippen LogP contribution in [0.15, 0.2) is 36.5 Å². The highest BCUT2D eigenvalue weighted by molar-refractivity contribution is 7.71. The lowest BCUT2D eigenvalue weighted by molar-refractivity contribution is 0.0303. The summed E-state index contributed by atoms with van der Waals surface area (Å²) in [6, 6.07) is 8.67. The predicted molar refractivity (Wildman–Crippen MR) is 96.6 cm³/mol. The lowest BCUT2D eigenvalue weighted by Crippen LogP contribution is -2.40. The van der Waals surface area contributed by atoms with Crippen molar-refractivity contribution < 1.29 is 14.3 Å². The first-order valence-corrected chi connectivity index (χ1v) is 8.22. The number of benzene rings is 1. The molecule has 2 amide bonds. The number of anilines is 2. The standard InChI is InChI=1S/C17H18N4O3S/c18-16(22)13-10-19-15(25)9-14(13)20-12-3-1-11(2-4-12)17(23)21-5-7-24-8-6-21/h1-4,9-10H,5-8H2,(H2,18,22)(H2,19,20,25). The van der Waals surface area contributed by atoms with Gasteiger partial charge in [-0.15, -0.1) is 0 Å². The summed E-state index contributed by atoms with van der Waals surface area (Å²) in [5.41, 5.74) is 7.52. The Morgan fingerprint density at radius 2 is 1.88 bits per heavy atom. The maximum absolute atomic E-state index is 12.4. The van der Waals surface area contributed by atoms with Crippen LogP contribution in [0.1, 0.15) is 20.7 Å². The number of aromatic amines is 1. The second-order valence-electron chi connectivity index (χ2n) is 5.60. The molecule has 2 aromatic rings. The molecule has 3 rings (SSSR count). The number of nitrogens with one attached hydrogen (secondary N) is 2. The van der Waals surface area contributed by atoms with Crippen molar-refractivity contribution in [1.29, 1.82) is 0 Å². The molecule has 1 aromatic carbocycles. The van der Waals surface area contributed by atoms with Crippen molar-refractivity contribution >= 4 is 35.4 Å². The summed E-state index contributed by atoms with van der Waals surface area (Å²) >= 11 is 5.08. The maximum atomic E-state index is 12.4. The normalized spacial score (nSPS) is 14.2. The van der Waals surface area contributed by atoms with Gasteiger partial charge in [0.15, 0.2) is 0 Å². The number of H-pyrrole nitrogens is 1. The van der Waals surface area contributed by atoms with E-state index >= 15 is 0 Å². The van der Waals surface area contributed by atoms with E-state index in [0.29, 0.717) is 47.8 Å². The number of pyridine rings is 1. The van der Waals surface area contributed by atoms with Gasteiger partial charge in [-0.25, -0.2) is 0 Å². The summed E-state index contributed by atoms with van der Waals surface area (Å²) in [5, 5.41) is 3.11. The lowest BCUT2D eigenvalue weighted by atomic mass is 10.1. The number of morpholine rings is 1. The first kappa shape index (κ1) is 17.1. The van der Waals surface area contributed by atoms with Gasteiger partial charge in [-0.05, 0) is 30.3 Å². The van der Waals surface area contributed by atoms with Crippen LogP contribution < -0.4 is 11.1 Å². The van der Waals surface area contributed by atoms with Crippen molar-refractivity contribution in [2.45, 2.75) is 0 Å². The maximum Gasteiger partial charge on any atom is 0.254 e. The Hall–Kier alpha value is -2.71. The Morgan fingerprint density at radius 1 is 1.20 bits per heavy atom. The molecule has 0 atom stereocenters. The zero-order valence-corrected chi connectivity index (χ0v) is 14.3. The summed E-state index contributed by atoms with van der Waals surface area (Å²) in [4.78, 5) is 28.5. The highest BCUT2D eigenvalue weighted by Gasteiger charge is 2.18. The Morgan fingerprint density at radius 3 is 2.52 bits per heavy atom. The van der Waals surface area contributed by atoms with Crippen LogP contribution in [0.5, 0.6) is 0 Å². The van der Waals surface area contributed by atoms with Crippen LogP contribution in [0.3, 0.4) is 0 Å². The lowest BCUT2D eigenvalue weighted by Gasteiger charge is -2.26. The van der Waals surface area contributed by atoms with Gasteiger partial charge in [0, 0.05) is 30.5 Å². The Bertz CT molecular complexity index is 842. The van der Waals surface area contributed by atoms with Gasteiger partial charge >= 0.3 is 0 Å². The molecule has 0 aliphatic carbocycles. The Balaban J connectivity index is 1.77. The number of carbonyl (C=O) groups is 2. The highest BCUT2D eigenvalue weighted by Crippen LogP contribution is 2.21. The molecule has 1 fully saturated rings. The van der Waals surface area contributed by atoms with Crippen molar-refractivity contribution in [3.63, 3.8) is 0 Å². The zero-order valence-electron chi connectivity index (χ0n) is 13.5. The van der Waals surface area contributed by atoms with Gasteiger partial charge in [0.25, 0.3) is 11.8 Å². The number of nitrogens with two attached hydrogens (primary N) is 1. The fourth-order valence-corrected chi connectivity index (χ4v) is 2.76. The third-order valence-electron chi connectivity index (χ3n) is 3.90. The monoisotopic (exact) mass is 358 g/mol. The molecule has 1 aliphatic heterocycles. The van der Waals surface area contributed by atoms with E-state index in [1.54, 1.807) is 35.2 Å².